The van der Waals surface area contributed by atoms with Crippen LogP contribution in [0.3, 0.4) is 0 Å². The molecule has 2 aromatic carbocycles. The van der Waals surface area contributed by atoms with Crippen molar-refractivity contribution in [2.45, 2.75) is 12.8 Å². The second-order valence-electron chi connectivity index (χ2n) is 5.47. The minimum atomic E-state index is -0.657. The first-order chi connectivity index (χ1) is 10.7. The SMILES string of the molecule is Cc1ccc(N(C)CC(c2ccccc2)C(C#N)C#N)cc1. The monoisotopic (exact) mass is 289 g/mol. The van der Waals surface area contributed by atoms with Crippen molar-refractivity contribution in [2.75, 3.05) is 18.5 Å². The number of likely N-dealkylation sites (N-methyl/N-ethyl adjacent to an activating group) is 1. The Kier molecular flexibility index (Phi) is 5.17. The molecule has 0 aromatic heterocycles. The van der Waals surface area contributed by atoms with Gasteiger partial charge in [-0.15, -0.1) is 0 Å². The molecule has 0 fully saturated rings. The summed E-state index contributed by atoms with van der Waals surface area (Å²) in [6, 6.07) is 22.3. The summed E-state index contributed by atoms with van der Waals surface area (Å²) in [6.45, 7) is 2.68. The van der Waals surface area contributed by atoms with Crippen molar-refractivity contribution in [3.05, 3.63) is 65.7 Å². The standard InChI is InChI=1S/C19H19N3/c1-15-8-10-18(11-9-15)22(2)14-19(17(12-20)13-21)16-6-4-3-5-7-16/h3-11,17,19H,14H2,1-2H3. The Morgan fingerprint density at radius 1 is 0.955 bits per heavy atom. The number of anilines is 1. The highest BCUT2D eigenvalue weighted by Gasteiger charge is 2.24. The van der Waals surface area contributed by atoms with Gasteiger partial charge in [0.05, 0.1) is 12.1 Å². The van der Waals surface area contributed by atoms with Crippen LogP contribution >= 0.6 is 0 Å². The highest BCUT2D eigenvalue weighted by Crippen LogP contribution is 2.27. The zero-order valence-electron chi connectivity index (χ0n) is 12.9. The zero-order chi connectivity index (χ0) is 15.9. The quantitative estimate of drug-likeness (QED) is 0.839. The van der Waals surface area contributed by atoms with Crippen molar-refractivity contribution in [3.63, 3.8) is 0 Å². The molecule has 0 amide bonds. The zero-order valence-corrected chi connectivity index (χ0v) is 12.9. The number of hydrogen-bond donors (Lipinski definition) is 0. The minimum Gasteiger partial charge on any atom is -0.374 e. The lowest BCUT2D eigenvalue weighted by atomic mass is 9.87. The van der Waals surface area contributed by atoms with E-state index in [1.165, 1.54) is 5.56 Å². The van der Waals surface area contributed by atoms with Gasteiger partial charge in [0.25, 0.3) is 0 Å². The van der Waals surface area contributed by atoms with Crippen LogP contribution < -0.4 is 4.90 Å². The first-order valence-electron chi connectivity index (χ1n) is 7.27. The normalized spacial score (nSPS) is 11.5. The molecule has 0 saturated carbocycles. The Morgan fingerprint density at radius 2 is 1.55 bits per heavy atom. The number of benzene rings is 2. The molecule has 0 spiro atoms. The molecule has 2 aromatic rings. The summed E-state index contributed by atoms with van der Waals surface area (Å²) in [7, 11) is 1.99. The molecule has 22 heavy (non-hydrogen) atoms. The van der Waals surface area contributed by atoms with E-state index in [9.17, 15) is 10.5 Å². The highest BCUT2D eigenvalue weighted by atomic mass is 15.1. The summed E-state index contributed by atoms with van der Waals surface area (Å²) in [6.07, 6.45) is 0. The second-order valence-corrected chi connectivity index (χ2v) is 5.47. The van der Waals surface area contributed by atoms with Gasteiger partial charge in [-0.2, -0.15) is 10.5 Å². The smallest absolute Gasteiger partial charge is 0.141 e. The van der Waals surface area contributed by atoms with Gasteiger partial charge in [0, 0.05) is 25.2 Å². The molecule has 0 N–H and O–H groups in total. The lowest BCUT2D eigenvalue weighted by Gasteiger charge is -2.26. The van der Waals surface area contributed by atoms with Gasteiger partial charge in [0.1, 0.15) is 5.92 Å². The van der Waals surface area contributed by atoms with E-state index < -0.39 is 5.92 Å². The molecule has 0 aliphatic carbocycles. The van der Waals surface area contributed by atoms with E-state index in [2.05, 4.69) is 48.2 Å². The molecular formula is C19H19N3. The highest BCUT2D eigenvalue weighted by molar-refractivity contribution is 5.47. The van der Waals surface area contributed by atoms with Crippen molar-refractivity contribution in [1.82, 2.24) is 0 Å². The van der Waals surface area contributed by atoms with Gasteiger partial charge >= 0.3 is 0 Å². The fraction of sp³-hybridized carbons (Fsp3) is 0.263. The number of aryl methyl sites for hydroxylation is 1. The van der Waals surface area contributed by atoms with Crippen LogP contribution in [0.25, 0.3) is 0 Å². The van der Waals surface area contributed by atoms with Gasteiger partial charge < -0.3 is 4.90 Å². The number of hydrogen-bond acceptors (Lipinski definition) is 3. The molecule has 1 atom stereocenters. The number of rotatable bonds is 5. The Bertz CT molecular complexity index is 663. The summed E-state index contributed by atoms with van der Waals surface area (Å²) < 4.78 is 0. The Hall–Kier alpha value is -2.78. The summed E-state index contributed by atoms with van der Waals surface area (Å²) in [5.74, 6) is -0.794. The van der Waals surface area contributed by atoms with Gasteiger partial charge in [-0.25, -0.2) is 0 Å². The molecule has 0 saturated heterocycles. The third kappa shape index (κ3) is 3.65. The van der Waals surface area contributed by atoms with Crippen LogP contribution in [-0.4, -0.2) is 13.6 Å². The predicted molar refractivity (Wildman–Crippen MR) is 88.3 cm³/mol. The van der Waals surface area contributed by atoms with E-state index in [4.69, 9.17) is 0 Å². The van der Waals surface area contributed by atoms with Gasteiger partial charge in [-0.05, 0) is 24.6 Å². The lowest BCUT2D eigenvalue weighted by Crippen LogP contribution is -2.28. The van der Waals surface area contributed by atoms with Crippen LogP contribution in [0.4, 0.5) is 5.69 Å². The van der Waals surface area contributed by atoms with Gasteiger partial charge in [-0.3, -0.25) is 0 Å². The van der Waals surface area contributed by atoms with Gasteiger partial charge in [0.15, 0.2) is 0 Å². The molecule has 3 heteroatoms. The maximum Gasteiger partial charge on any atom is 0.141 e. The summed E-state index contributed by atoms with van der Waals surface area (Å²) in [5.41, 5.74) is 3.32. The van der Waals surface area contributed by atoms with Crippen LogP contribution in [0.15, 0.2) is 54.6 Å². The molecular weight excluding hydrogens is 270 g/mol. The fourth-order valence-corrected chi connectivity index (χ4v) is 2.51. The van der Waals surface area contributed by atoms with E-state index in [1.807, 2.05) is 37.4 Å². The topological polar surface area (TPSA) is 50.8 Å². The van der Waals surface area contributed by atoms with Crippen LogP contribution in [-0.2, 0) is 0 Å². The van der Waals surface area contributed by atoms with Crippen molar-refractivity contribution in [1.29, 1.82) is 10.5 Å². The average molecular weight is 289 g/mol. The molecule has 3 nitrogen and oxygen atoms in total. The van der Waals surface area contributed by atoms with Crippen LogP contribution in [0.1, 0.15) is 17.0 Å². The number of nitrogens with zero attached hydrogens (tertiary/aromatic N) is 3. The van der Waals surface area contributed by atoms with Crippen LogP contribution in [0, 0.1) is 35.5 Å². The molecule has 0 bridgehead atoms. The third-order valence-corrected chi connectivity index (χ3v) is 3.85. The van der Waals surface area contributed by atoms with E-state index >= 15 is 0 Å². The van der Waals surface area contributed by atoms with Crippen molar-refractivity contribution in [3.8, 4) is 12.1 Å². The second kappa shape index (κ2) is 7.29. The van der Waals surface area contributed by atoms with Gasteiger partial charge in [-0.1, -0.05) is 48.0 Å². The molecule has 110 valence electrons. The summed E-state index contributed by atoms with van der Waals surface area (Å²) in [4.78, 5) is 2.10. The molecule has 2 rings (SSSR count). The van der Waals surface area contributed by atoms with Crippen LogP contribution in [0.2, 0.25) is 0 Å². The predicted octanol–water partition coefficient (Wildman–Crippen LogP) is 3.88. The first-order valence-corrected chi connectivity index (χ1v) is 7.27. The summed E-state index contributed by atoms with van der Waals surface area (Å²) >= 11 is 0. The van der Waals surface area contributed by atoms with E-state index in [0.717, 1.165) is 11.3 Å². The first kappa shape index (κ1) is 15.6. The molecule has 0 radical (unpaired) electrons. The summed E-state index contributed by atoms with van der Waals surface area (Å²) in [5, 5.41) is 18.6. The van der Waals surface area contributed by atoms with E-state index in [-0.39, 0.29) is 5.92 Å². The average Bonchev–Trinajstić information content (AvgIpc) is 2.56. The van der Waals surface area contributed by atoms with Crippen LogP contribution in [0.5, 0.6) is 0 Å². The minimum absolute atomic E-state index is 0.137. The number of nitriles is 2. The Balaban J connectivity index is 2.25. The fourth-order valence-electron chi connectivity index (χ4n) is 2.51. The largest absolute Gasteiger partial charge is 0.374 e. The van der Waals surface area contributed by atoms with E-state index in [1.54, 1.807) is 0 Å². The molecule has 0 heterocycles. The lowest BCUT2D eigenvalue weighted by molar-refractivity contribution is 0.604. The van der Waals surface area contributed by atoms with Crippen molar-refractivity contribution < 1.29 is 0 Å². The van der Waals surface area contributed by atoms with Crippen molar-refractivity contribution >= 4 is 5.69 Å². The molecule has 0 aliphatic rings. The van der Waals surface area contributed by atoms with Crippen molar-refractivity contribution in [2.24, 2.45) is 5.92 Å². The van der Waals surface area contributed by atoms with E-state index in [0.29, 0.717) is 6.54 Å². The molecule has 1 unspecified atom stereocenters. The third-order valence-electron chi connectivity index (χ3n) is 3.85. The van der Waals surface area contributed by atoms with Gasteiger partial charge in [0.2, 0.25) is 0 Å². The maximum absolute atomic E-state index is 9.29. The Morgan fingerprint density at radius 3 is 2.09 bits per heavy atom. The maximum atomic E-state index is 9.29. The Labute approximate surface area is 132 Å². The molecule has 0 aliphatic heterocycles.